The van der Waals surface area contributed by atoms with Gasteiger partial charge in [0.25, 0.3) is 5.91 Å². The number of piperidine rings is 1. The van der Waals surface area contributed by atoms with Crippen molar-refractivity contribution in [3.63, 3.8) is 0 Å². The van der Waals surface area contributed by atoms with E-state index in [0.29, 0.717) is 28.1 Å². The van der Waals surface area contributed by atoms with E-state index in [1.165, 1.54) is 4.90 Å². The van der Waals surface area contributed by atoms with Crippen LogP contribution in [0.15, 0.2) is 60.7 Å². The molecule has 0 aliphatic carbocycles. The second-order valence-corrected chi connectivity index (χ2v) is 10.6. The minimum Gasteiger partial charge on any atom is -0.496 e. The predicted octanol–water partition coefficient (Wildman–Crippen LogP) is 4.05. The van der Waals surface area contributed by atoms with Gasteiger partial charge >= 0.3 is 6.03 Å². The molecule has 10 heteroatoms. The molecule has 1 atom stereocenters. The lowest BCUT2D eigenvalue weighted by Gasteiger charge is -2.29. The van der Waals surface area contributed by atoms with Crippen LogP contribution in [0.3, 0.4) is 0 Å². The van der Waals surface area contributed by atoms with E-state index < -0.39 is 23.5 Å². The number of nitrogens with zero attached hydrogens (tertiary/aromatic N) is 2. The smallest absolute Gasteiger partial charge is 0.319 e. The number of rotatable bonds is 6. The molecule has 1 fully saturated rings. The van der Waals surface area contributed by atoms with Crippen LogP contribution in [0.25, 0.3) is 11.1 Å². The molecular formula is C31H29N5O5. The number of fused-ring (bicyclic) bond motifs is 1. The van der Waals surface area contributed by atoms with Gasteiger partial charge in [0.15, 0.2) is 0 Å². The topological polar surface area (TPSA) is 141 Å². The molecule has 0 aromatic heterocycles. The van der Waals surface area contributed by atoms with Crippen LogP contribution in [0.1, 0.15) is 53.7 Å². The number of methoxy groups -OCH3 is 1. The van der Waals surface area contributed by atoms with Gasteiger partial charge in [0, 0.05) is 29.8 Å². The fourth-order valence-electron chi connectivity index (χ4n) is 5.32. The molecule has 3 N–H and O–H groups in total. The number of benzene rings is 3. The zero-order chi connectivity index (χ0) is 29.3. The van der Waals surface area contributed by atoms with Crippen molar-refractivity contribution >= 4 is 29.4 Å². The second kappa shape index (κ2) is 10.8. The van der Waals surface area contributed by atoms with Crippen LogP contribution in [0.4, 0.5) is 10.5 Å². The maximum absolute atomic E-state index is 13.1. The minimum atomic E-state index is -0.822. The molecule has 1 unspecified atom stereocenters. The number of amides is 5. The third-order valence-corrected chi connectivity index (χ3v) is 7.41. The summed E-state index contributed by atoms with van der Waals surface area (Å²) >= 11 is 0. The summed E-state index contributed by atoms with van der Waals surface area (Å²) in [4.78, 5) is 51.3. The molecule has 0 spiro atoms. The Morgan fingerprint density at radius 1 is 1.07 bits per heavy atom. The summed E-state index contributed by atoms with van der Waals surface area (Å²) < 4.78 is 5.66. The van der Waals surface area contributed by atoms with E-state index in [2.05, 4.69) is 22.0 Å². The molecule has 2 aliphatic rings. The molecular weight excluding hydrogens is 522 g/mol. The summed E-state index contributed by atoms with van der Waals surface area (Å²) in [5.41, 5.74) is 3.90. The average Bonchev–Trinajstić information content (AvgIpc) is 3.27. The maximum atomic E-state index is 13.1. The van der Waals surface area contributed by atoms with E-state index in [9.17, 15) is 24.4 Å². The molecule has 2 aliphatic heterocycles. The molecule has 10 nitrogen and oxygen atoms in total. The standard InChI is InChI=1S/C31H29N5O5/c1-31(2,24-10-7-20(15-26(24)41-3)19-6-4-5-18(13-19)16-32)35-30(40)33-22-8-9-23-21(14-22)17-36(29(23)39)25-11-12-27(37)34-28(25)38/h4-10,13-15,25H,11-12,17H2,1-3H3,(H2,33,35,40)(H,34,37,38). The van der Waals surface area contributed by atoms with Crippen molar-refractivity contribution < 1.29 is 23.9 Å². The number of anilines is 1. The monoisotopic (exact) mass is 551 g/mol. The summed E-state index contributed by atoms with van der Waals surface area (Å²) in [5, 5.41) is 17.3. The molecule has 208 valence electrons. The number of carbonyl (C=O) groups excluding carboxylic acids is 4. The quantitative estimate of drug-likeness (QED) is 0.395. The number of carbonyl (C=O) groups is 4. The van der Waals surface area contributed by atoms with Crippen LogP contribution >= 0.6 is 0 Å². The fourth-order valence-corrected chi connectivity index (χ4v) is 5.32. The van der Waals surface area contributed by atoms with Crippen molar-refractivity contribution in [2.75, 3.05) is 12.4 Å². The summed E-state index contributed by atoms with van der Waals surface area (Å²) in [6, 6.07) is 19.0. The average molecular weight is 552 g/mol. The minimum absolute atomic E-state index is 0.182. The predicted molar refractivity (Wildman–Crippen MR) is 151 cm³/mol. The highest BCUT2D eigenvalue weighted by Crippen LogP contribution is 2.34. The molecule has 41 heavy (non-hydrogen) atoms. The molecule has 3 aromatic rings. The molecule has 5 amide bonds. The summed E-state index contributed by atoms with van der Waals surface area (Å²) in [6.45, 7) is 3.93. The highest BCUT2D eigenvalue weighted by atomic mass is 16.5. The molecule has 0 bridgehead atoms. The molecule has 0 saturated carbocycles. The van der Waals surface area contributed by atoms with Gasteiger partial charge in [-0.2, -0.15) is 5.26 Å². The number of hydrogen-bond acceptors (Lipinski definition) is 6. The number of nitriles is 1. The van der Waals surface area contributed by atoms with E-state index in [1.807, 2.05) is 44.2 Å². The van der Waals surface area contributed by atoms with E-state index in [1.54, 1.807) is 37.4 Å². The Balaban J connectivity index is 1.28. The van der Waals surface area contributed by atoms with E-state index in [-0.39, 0.29) is 31.2 Å². The number of nitrogens with one attached hydrogen (secondary N) is 3. The number of urea groups is 1. The lowest BCUT2D eigenvalue weighted by atomic mass is 9.91. The molecule has 0 radical (unpaired) electrons. The Hall–Kier alpha value is -5.17. The zero-order valence-electron chi connectivity index (χ0n) is 22.9. The maximum Gasteiger partial charge on any atom is 0.319 e. The van der Waals surface area contributed by atoms with Crippen LogP contribution in [0.2, 0.25) is 0 Å². The van der Waals surface area contributed by atoms with Crippen LogP contribution in [-0.4, -0.2) is 41.8 Å². The van der Waals surface area contributed by atoms with Crippen molar-refractivity contribution in [3.05, 3.63) is 82.9 Å². The van der Waals surface area contributed by atoms with Gasteiger partial charge in [-0.1, -0.05) is 24.3 Å². The van der Waals surface area contributed by atoms with Gasteiger partial charge < -0.3 is 20.3 Å². The SMILES string of the molecule is COc1cc(-c2cccc(C#N)c2)ccc1C(C)(C)NC(=O)Nc1ccc2c(c1)CN(C1CCC(=O)NC1=O)C2=O. The Kier molecular flexibility index (Phi) is 7.20. The zero-order valence-corrected chi connectivity index (χ0v) is 22.9. The van der Waals surface area contributed by atoms with Crippen LogP contribution < -0.4 is 20.7 Å². The number of ether oxygens (including phenoxy) is 1. The van der Waals surface area contributed by atoms with Gasteiger partial charge in [0.2, 0.25) is 11.8 Å². The Bertz CT molecular complexity index is 1620. The third kappa shape index (κ3) is 5.47. The van der Waals surface area contributed by atoms with Crippen molar-refractivity contribution in [3.8, 4) is 22.9 Å². The summed E-state index contributed by atoms with van der Waals surface area (Å²) in [6.07, 6.45) is 0.463. The first-order valence-corrected chi connectivity index (χ1v) is 13.2. The van der Waals surface area contributed by atoms with Gasteiger partial charge in [-0.05, 0) is 73.4 Å². The van der Waals surface area contributed by atoms with Crippen molar-refractivity contribution in [2.24, 2.45) is 0 Å². The van der Waals surface area contributed by atoms with Crippen molar-refractivity contribution in [1.29, 1.82) is 5.26 Å². The normalized spacial score (nSPS) is 16.5. The van der Waals surface area contributed by atoms with Crippen molar-refractivity contribution in [2.45, 2.75) is 44.8 Å². The van der Waals surface area contributed by atoms with Gasteiger partial charge in [0.1, 0.15) is 11.8 Å². The lowest BCUT2D eigenvalue weighted by molar-refractivity contribution is -0.136. The first kappa shape index (κ1) is 27.4. The van der Waals surface area contributed by atoms with Crippen LogP contribution in [-0.2, 0) is 21.7 Å². The largest absolute Gasteiger partial charge is 0.496 e. The van der Waals surface area contributed by atoms with Gasteiger partial charge in [0.05, 0.1) is 24.3 Å². The van der Waals surface area contributed by atoms with E-state index in [4.69, 9.17) is 4.74 Å². The Labute approximate surface area is 237 Å². The van der Waals surface area contributed by atoms with Crippen molar-refractivity contribution in [1.82, 2.24) is 15.5 Å². The van der Waals surface area contributed by atoms with Gasteiger partial charge in [-0.25, -0.2) is 4.79 Å². The molecule has 2 heterocycles. The van der Waals surface area contributed by atoms with Gasteiger partial charge in [-0.3, -0.25) is 19.7 Å². The summed E-state index contributed by atoms with van der Waals surface area (Å²) in [7, 11) is 1.56. The molecule has 5 rings (SSSR count). The Morgan fingerprint density at radius 3 is 2.59 bits per heavy atom. The highest BCUT2D eigenvalue weighted by molar-refractivity contribution is 6.05. The first-order chi connectivity index (χ1) is 19.6. The van der Waals surface area contributed by atoms with Gasteiger partial charge in [-0.15, -0.1) is 0 Å². The lowest BCUT2D eigenvalue weighted by Crippen LogP contribution is -2.52. The number of hydrogen-bond donors (Lipinski definition) is 3. The van der Waals surface area contributed by atoms with E-state index >= 15 is 0 Å². The second-order valence-electron chi connectivity index (χ2n) is 10.6. The van der Waals surface area contributed by atoms with E-state index in [0.717, 1.165) is 16.7 Å². The van der Waals surface area contributed by atoms with Crippen LogP contribution in [0, 0.1) is 11.3 Å². The number of imide groups is 1. The molecule has 1 saturated heterocycles. The Morgan fingerprint density at radius 2 is 1.85 bits per heavy atom. The molecule has 3 aromatic carbocycles. The third-order valence-electron chi connectivity index (χ3n) is 7.41. The summed E-state index contributed by atoms with van der Waals surface area (Å²) in [5.74, 6) is -0.502. The highest BCUT2D eigenvalue weighted by Gasteiger charge is 2.39. The van der Waals surface area contributed by atoms with Crippen LogP contribution in [0.5, 0.6) is 5.75 Å². The first-order valence-electron chi connectivity index (χ1n) is 13.2. The fraction of sp³-hybridized carbons (Fsp3) is 0.258.